The number of nitrogens with zero attached hydrogens (tertiary/aromatic N) is 1. The quantitative estimate of drug-likeness (QED) is 0.532. The SMILES string of the molecule is CC1=C(C)C(C)(COC(=O)CCC(=O)ON2C(=O)CCC2=O)C(C)=C1C. The maximum Gasteiger partial charge on any atom is 0.333 e. The molecule has 2 aliphatic rings. The van der Waals surface area contributed by atoms with Gasteiger partial charge < -0.3 is 9.57 Å². The van der Waals surface area contributed by atoms with Crippen LogP contribution in [0.2, 0.25) is 0 Å². The molecule has 1 saturated heterocycles. The lowest BCUT2D eigenvalue weighted by Crippen LogP contribution is -2.32. The highest BCUT2D eigenvalue weighted by Crippen LogP contribution is 2.46. The summed E-state index contributed by atoms with van der Waals surface area (Å²) in [6.45, 7) is 10.4. The van der Waals surface area contributed by atoms with E-state index in [9.17, 15) is 19.2 Å². The molecular formula is C19H25NO6. The first-order valence-corrected chi connectivity index (χ1v) is 8.66. The van der Waals surface area contributed by atoms with E-state index in [2.05, 4.69) is 13.8 Å². The first-order chi connectivity index (χ1) is 12.1. The van der Waals surface area contributed by atoms with E-state index in [1.807, 2.05) is 20.8 Å². The van der Waals surface area contributed by atoms with Gasteiger partial charge in [-0.3, -0.25) is 14.4 Å². The second-order valence-corrected chi connectivity index (χ2v) is 7.04. The number of hydroxylamine groups is 2. The third-order valence-corrected chi connectivity index (χ3v) is 5.60. The summed E-state index contributed by atoms with van der Waals surface area (Å²) in [6, 6.07) is 0. The maximum absolute atomic E-state index is 12.0. The lowest BCUT2D eigenvalue weighted by molar-refractivity contribution is -0.197. The molecule has 7 heteroatoms. The van der Waals surface area contributed by atoms with E-state index in [0.29, 0.717) is 5.06 Å². The largest absolute Gasteiger partial charge is 0.464 e. The fourth-order valence-electron chi connectivity index (χ4n) is 3.19. The second-order valence-electron chi connectivity index (χ2n) is 7.04. The van der Waals surface area contributed by atoms with Crippen molar-refractivity contribution in [2.24, 2.45) is 5.41 Å². The lowest BCUT2D eigenvalue weighted by Gasteiger charge is -2.28. The van der Waals surface area contributed by atoms with Crippen LogP contribution in [0.1, 0.15) is 60.3 Å². The number of allylic oxidation sites excluding steroid dienone is 2. The number of carbonyl (C=O) groups excluding carboxylic acids is 4. The van der Waals surface area contributed by atoms with Gasteiger partial charge in [-0.25, -0.2) is 4.79 Å². The number of esters is 1. The van der Waals surface area contributed by atoms with E-state index in [4.69, 9.17) is 9.57 Å². The molecule has 0 unspecified atom stereocenters. The standard InChI is InChI=1S/C19H25NO6/c1-11-12(2)14(4)19(5,13(11)3)10-25-17(23)8-9-18(24)26-20-15(21)6-7-16(20)22/h6-10H2,1-5H3. The molecule has 0 saturated carbocycles. The van der Waals surface area contributed by atoms with Crippen molar-refractivity contribution >= 4 is 23.8 Å². The Morgan fingerprint density at radius 1 is 0.923 bits per heavy atom. The van der Waals surface area contributed by atoms with Crippen LogP contribution in [-0.2, 0) is 28.8 Å². The second kappa shape index (κ2) is 7.43. The predicted octanol–water partition coefficient (Wildman–Crippen LogP) is 2.61. The van der Waals surface area contributed by atoms with E-state index < -0.39 is 23.8 Å². The Balaban J connectivity index is 1.82. The van der Waals surface area contributed by atoms with Crippen molar-refractivity contribution in [2.45, 2.75) is 60.3 Å². The van der Waals surface area contributed by atoms with Crippen molar-refractivity contribution in [3.05, 3.63) is 22.3 Å². The van der Waals surface area contributed by atoms with Gasteiger partial charge in [0.1, 0.15) is 6.61 Å². The fourth-order valence-corrected chi connectivity index (χ4v) is 3.19. The Labute approximate surface area is 153 Å². The number of hydrogen-bond donors (Lipinski definition) is 0. The molecule has 1 aliphatic heterocycles. The Morgan fingerprint density at radius 3 is 1.88 bits per heavy atom. The van der Waals surface area contributed by atoms with E-state index in [1.54, 1.807) is 0 Å². The Hall–Kier alpha value is -2.44. The minimum atomic E-state index is -0.809. The maximum atomic E-state index is 12.0. The monoisotopic (exact) mass is 363 g/mol. The van der Waals surface area contributed by atoms with Crippen LogP contribution in [0.4, 0.5) is 0 Å². The fraction of sp³-hybridized carbons (Fsp3) is 0.579. The molecular weight excluding hydrogens is 338 g/mol. The van der Waals surface area contributed by atoms with Gasteiger partial charge in [0.2, 0.25) is 0 Å². The third kappa shape index (κ3) is 3.71. The van der Waals surface area contributed by atoms with Gasteiger partial charge in [0.05, 0.1) is 12.8 Å². The van der Waals surface area contributed by atoms with Crippen LogP contribution in [0.15, 0.2) is 22.3 Å². The zero-order valence-corrected chi connectivity index (χ0v) is 15.9. The molecule has 0 spiro atoms. The van der Waals surface area contributed by atoms with E-state index in [1.165, 1.54) is 22.3 Å². The molecule has 26 heavy (non-hydrogen) atoms. The minimum Gasteiger partial charge on any atom is -0.464 e. The molecule has 142 valence electrons. The molecule has 0 N–H and O–H groups in total. The predicted molar refractivity (Wildman–Crippen MR) is 92.2 cm³/mol. The number of hydrogen-bond acceptors (Lipinski definition) is 6. The topological polar surface area (TPSA) is 90.0 Å². The average Bonchev–Trinajstić information content (AvgIpc) is 2.99. The Kier molecular flexibility index (Phi) is 5.68. The van der Waals surface area contributed by atoms with Gasteiger partial charge in [-0.05, 0) is 45.8 Å². The summed E-state index contributed by atoms with van der Waals surface area (Å²) >= 11 is 0. The Bertz CT molecular complexity index is 690. The molecule has 2 rings (SSSR count). The van der Waals surface area contributed by atoms with Crippen molar-refractivity contribution in [2.75, 3.05) is 6.61 Å². The normalized spacial score (nSPS) is 19.5. The van der Waals surface area contributed by atoms with E-state index in [-0.39, 0.29) is 37.7 Å². The molecule has 0 bridgehead atoms. The number of ether oxygens (including phenoxy) is 1. The van der Waals surface area contributed by atoms with E-state index in [0.717, 1.165) is 0 Å². The third-order valence-electron chi connectivity index (χ3n) is 5.60. The molecule has 0 aromatic carbocycles. The number of rotatable bonds is 6. The van der Waals surface area contributed by atoms with Crippen molar-refractivity contribution < 1.29 is 28.8 Å². The van der Waals surface area contributed by atoms with Crippen molar-refractivity contribution in [1.82, 2.24) is 5.06 Å². The van der Waals surface area contributed by atoms with Gasteiger partial charge in [0.25, 0.3) is 11.8 Å². The van der Waals surface area contributed by atoms with Crippen molar-refractivity contribution in [3.8, 4) is 0 Å². The molecule has 1 heterocycles. The molecule has 1 aliphatic carbocycles. The summed E-state index contributed by atoms with van der Waals surface area (Å²) in [5.41, 5.74) is 4.43. The molecule has 0 aromatic rings. The van der Waals surface area contributed by atoms with Gasteiger partial charge in [-0.1, -0.05) is 11.1 Å². The van der Waals surface area contributed by atoms with Gasteiger partial charge in [0.15, 0.2) is 0 Å². The zero-order chi connectivity index (χ0) is 19.6. The van der Waals surface area contributed by atoms with E-state index >= 15 is 0 Å². The summed E-state index contributed by atoms with van der Waals surface area (Å²) in [4.78, 5) is 51.2. The summed E-state index contributed by atoms with van der Waals surface area (Å²) in [5, 5.41) is 0.473. The zero-order valence-electron chi connectivity index (χ0n) is 15.9. The van der Waals surface area contributed by atoms with Gasteiger partial charge in [0, 0.05) is 18.3 Å². The van der Waals surface area contributed by atoms with Crippen LogP contribution in [-0.4, -0.2) is 35.4 Å². The van der Waals surface area contributed by atoms with Crippen molar-refractivity contribution in [1.29, 1.82) is 0 Å². The van der Waals surface area contributed by atoms with Crippen molar-refractivity contribution in [3.63, 3.8) is 0 Å². The molecule has 7 nitrogen and oxygen atoms in total. The first kappa shape index (κ1) is 19.9. The van der Waals surface area contributed by atoms with Crippen LogP contribution in [0.3, 0.4) is 0 Å². The van der Waals surface area contributed by atoms with Gasteiger partial charge in [-0.2, -0.15) is 0 Å². The van der Waals surface area contributed by atoms with Crippen LogP contribution >= 0.6 is 0 Å². The highest BCUT2D eigenvalue weighted by atomic mass is 16.7. The number of amides is 2. The number of imide groups is 1. The van der Waals surface area contributed by atoms with Crippen LogP contribution in [0, 0.1) is 5.41 Å². The smallest absolute Gasteiger partial charge is 0.333 e. The van der Waals surface area contributed by atoms with Gasteiger partial charge >= 0.3 is 11.9 Å². The van der Waals surface area contributed by atoms with Crippen LogP contribution in [0.5, 0.6) is 0 Å². The highest BCUT2D eigenvalue weighted by Gasteiger charge is 2.37. The summed E-state index contributed by atoms with van der Waals surface area (Å²) in [7, 11) is 0. The summed E-state index contributed by atoms with van der Waals surface area (Å²) in [5.74, 6) is -2.42. The highest BCUT2D eigenvalue weighted by molar-refractivity contribution is 6.01. The minimum absolute atomic E-state index is 0.0330. The first-order valence-electron chi connectivity index (χ1n) is 8.66. The molecule has 2 amide bonds. The lowest BCUT2D eigenvalue weighted by atomic mass is 9.80. The summed E-state index contributed by atoms with van der Waals surface area (Å²) < 4.78 is 5.37. The van der Waals surface area contributed by atoms with Crippen LogP contribution < -0.4 is 0 Å². The summed E-state index contributed by atoms with van der Waals surface area (Å²) in [6.07, 6.45) is -0.362. The molecule has 0 radical (unpaired) electrons. The van der Waals surface area contributed by atoms with Crippen LogP contribution in [0.25, 0.3) is 0 Å². The molecule has 0 atom stereocenters. The van der Waals surface area contributed by atoms with Gasteiger partial charge in [-0.15, -0.1) is 5.06 Å². The Morgan fingerprint density at radius 2 is 1.38 bits per heavy atom. The molecule has 0 aromatic heterocycles. The average molecular weight is 363 g/mol. The molecule has 1 fully saturated rings. The number of carbonyl (C=O) groups is 4.